The molecule has 0 aliphatic carbocycles. The van der Waals surface area contributed by atoms with Crippen LogP contribution in [0.15, 0.2) is 36.4 Å². The standard InChI is InChI=1S/C29H33FN6O4/c1-16(2)24(33-25(37)20-14-17(3)6-8-21(20)30)26(38)35-12-10-29(11-13-35)27(39)34(5)28(40)36(29)19-7-9-22-23(15-19)32-18(4)31-22/h6-9,14-16,24H,10-13H2,1-5H3,(H,31,32)(H,33,37)/t24-/m1/s1. The number of halogens is 1. The Kier molecular flexibility index (Phi) is 6.85. The number of likely N-dealkylation sites (tertiary alicyclic amines) is 1. The SMILES string of the molecule is Cc1ccc(F)c(C(=O)N[C@@H](C(=O)N2CCC3(CC2)C(=O)N(C)C(=O)N3c2ccc3nc(C)[nH]c3c2)C(C)C)c1. The first-order chi connectivity index (χ1) is 18.9. The Bertz CT molecular complexity index is 1520. The summed E-state index contributed by atoms with van der Waals surface area (Å²) in [6.07, 6.45) is 0.470. The quantitative estimate of drug-likeness (QED) is 0.473. The highest BCUT2D eigenvalue weighted by Gasteiger charge is 2.58. The summed E-state index contributed by atoms with van der Waals surface area (Å²) >= 11 is 0. The molecule has 0 radical (unpaired) electrons. The van der Waals surface area contributed by atoms with Crippen LogP contribution in [0.2, 0.25) is 0 Å². The number of urea groups is 1. The molecule has 2 aliphatic heterocycles. The summed E-state index contributed by atoms with van der Waals surface area (Å²) in [6, 6.07) is 8.35. The zero-order valence-electron chi connectivity index (χ0n) is 23.2. The number of aromatic nitrogens is 2. The van der Waals surface area contributed by atoms with Crippen LogP contribution >= 0.6 is 0 Å². The lowest BCUT2D eigenvalue weighted by molar-refractivity contribution is -0.139. The van der Waals surface area contributed by atoms with Crippen LogP contribution in [0, 0.1) is 25.6 Å². The van der Waals surface area contributed by atoms with Crippen molar-refractivity contribution in [3.8, 4) is 0 Å². The Labute approximate surface area is 231 Å². The lowest BCUT2D eigenvalue weighted by Gasteiger charge is -2.43. The monoisotopic (exact) mass is 548 g/mol. The molecular formula is C29H33FN6O4. The Balaban J connectivity index is 1.36. The van der Waals surface area contributed by atoms with Gasteiger partial charge >= 0.3 is 6.03 Å². The summed E-state index contributed by atoms with van der Waals surface area (Å²) in [7, 11) is 1.47. The maximum atomic E-state index is 14.3. The summed E-state index contributed by atoms with van der Waals surface area (Å²) in [4.78, 5) is 65.1. The van der Waals surface area contributed by atoms with Crippen molar-refractivity contribution in [2.75, 3.05) is 25.0 Å². The lowest BCUT2D eigenvalue weighted by atomic mass is 9.85. The number of anilines is 1. The molecule has 0 bridgehead atoms. The maximum absolute atomic E-state index is 14.3. The topological polar surface area (TPSA) is 119 Å². The molecule has 0 saturated carbocycles. The first-order valence-electron chi connectivity index (χ1n) is 13.4. The number of hydrogen-bond acceptors (Lipinski definition) is 5. The molecule has 11 heteroatoms. The van der Waals surface area contributed by atoms with Crippen LogP contribution in [-0.2, 0) is 9.59 Å². The third-order valence-electron chi connectivity index (χ3n) is 7.94. The van der Waals surface area contributed by atoms with Crippen LogP contribution in [0.4, 0.5) is 14.9 Å². The molecule has 1 spiro atoms. The first-order valence-corrected chi connectivity index (χ1v) is 13.4. The second-order valence-corrected chi connectivity index (χ2v) is 11.0. The van der Waals surface area contributed by atoms with Crippen molar-refractivity contribution in [1.82, 2.24) is 25.1 Å². The number of likely N-dealkylation sites (N-methyl/N-ethyl adjacent to an activating group) is 1. The van der Waals surface area contributed by atoms with Gasteiger partial charge in [-0.2, -0.15) is 0 Å². The molecule has 210 valence electrons. The molecule has 5 amide bonds. The van der Waals surface area contributed by atoms with Crippen LogP contribution in [0.5, 0.6) is 0 Å². The molecule has 0 unspecified atom stereocenters. The fraction of sp³-hybridized carbons (Fsp3) is 0.414. The van der Waals surface area contributed by atoms with Gasteiger partial charge in [-0.15, -0.1) is 0 Å². The molecule has 2 aromatic carbocycles. The fourth-order valence-corrected chi connectivity index (χ4v) is 5.73. The number of nitrogens with one attached hydrogen (secondary N) is 2. The number of rotatable bonds is 5. The van der Waals surface area contributed by atoms with E-state index < -0.39 is 29.3 Å². The van der Waals surface area contributed by atoms with E-state index in [4.69, 9.17) is 0 Å². The number of aromatic amines is 1. The van der Waals surface area contributed by atoms with Crippen molar-refractivity contribution < 1.29 is 23.6 Å². The van der Waals surface area contributed by atoms with Crippen molar-refractivity contribution in [3.05, 3.63) is 59.2 Å². The van der Waals surface area contributed by atoms with Gasteiger partial charge in [-0.3, -0.25) is 24.2 Å². The minimum absolute atomic E-state index is 0.116. The van der Waals surface area contributed by atoms with Gasteiger partial charge in [-0.05, 0) is 62.9 Å². The van der Waals surface area contributed by atoms with Crippen molar-refractivity contribution in [2.45, 2.75) is 52.1 Å². The normalized spacial score (nSPS) is 17.8. The van der Waals surface area contributed by atoms with Crippen molar-refractivity contribution in [1.29, 1.82) is 0 Å². The number of imide groups is 1. The summed E-state index contributed by atoms with van der Waals surface area (Å²) < 4.78 is 14.3. The summed E-state index contributed by atoms with van der Waals surface area (Å²) in [5, 5.41) is 2.72. The predicted molar refractivity (Wildman–Crippen MR) is 147 cm³/mol. The van der Waals surface area contributed by atoms with Gasteiger partial charge in [0.2, 0.25) is 5.91 Å². The minimum Gasteiger partial charge on any atom is -0.342 e. The molecule has 3 heterocycles. The smallest absolute Gasteiger partial charge is 0.331 e. The number of imidazole rings is 1. The predicted octanol–water partition coefficient (Wildman–Crippen LogP) is 3.53. The van der Waals surface area contributed by atoms with Crippen LogP contribution in [0.25, 0.3) is 11.0 Å². The van der Waals surface area contributed by atoms with Crippen LogP contribution in [-0.4, -0.2) is 75.2 Å². The number of amides is 5. The van der Waals surface area contributed by atoms with E-state index in [1.807, 2.05) is 32.9 Å². The molecule has 40 heavy (non-hydrogen) atoms. The summed E-state index contributed by atoms with van der Waals surface area (Å²) in [5.41, 5.74) is 1.57. The highest BCUT2D eigenvalue weighted by molar-refractivity contribution is 6.17. The molecular weight excluding hydrogens is 515 g/mol. The van der Waals surface area contributed by atoms with E-state index in [9.17, 15) is 23.6 Å². The Morgan fingerprint density at radius 2 is 1.77 bits per heavy atom. The molecule has 5 rings (SSSR count). The number of carbonyl (C=O) groups excluding carboxylic acids is 4. The van der Waals surface area contributed by atoms with Gasteiger partial charge in [0.1, 0.15) is 23.2 Å². The average Bonchev–Trinajstić information content (AvgIpc) is 3.38. The van der Waals surface area contributed by atoms with Crippen LogP contribution in [0.3, 0.4) is 0 Å². The average molecular weight is 549 g/mol. The number of fused-ring (bicyclic) bond motifs is 1. The first kappa shape index (κ1) is 27.3. The Hall–Kier alpha value is -4.28. The zero-order chi connectivity index (χ0) is 28.9. The highest BCUT2D eigenvalue weighted by Crippen LogP contribution is 2.41. The van der Waals surface area contributed by atoms with E-state index in [2.05, 4.69) is 15.3 Å². The van der Waals surface area contributed by atoms with E-state index in [0.29, 0.717) is 5.69 Å². The van der Waals surface area contributed by atoms with Gasteiger partial charge in [0.15, 0.2) is 0 Å². The second kappa shape index (κ2) is 10.0. The van der Waals surface area contributed by atoms with E-state index in [1.54, 1.807) is 24.0 Å². The van der Waals surface area contributed by atoms with E-state index in [1.165, 1.54) is 24.1 Å². The number of carbonyl (C=O) groups is 4. The molecule has 1 aromatic heterocycles. The van der Waals surface area contributed by atoms with Crippen LogP contribution < -0.4 is 10.2 Å². The number of aryl methyl sites for hydroxylation is 2. The largest absolute Gasteiger partial charge is 0.342 e. The lowest BCUT2D eigenvalue weighted by Crippen LogP contribution is -2.60. The van der Waals surface area contributed by atoms with Gasteiger partial charge in [-0.25, -0.2) is 14.2 Å². The number of nitrogens with zero attached hydrogens (tertiary/aromatic N) is 4. The molecule has 2 N–H and O–H groups in total. The number of benzene rings is 2. The Morgan fingerprint density at radius 3 is 2.45 bits per heavy atom. The number of hydrogen-bond donors (Lipinski definition) is 2. The molecule has 2 saturated heterocycles. The zero-order valence-corrected chi connectivity index (χ0v) is 23.2. The maximum Gasteiger partial charge on any atom is 0.331 e. The van der Waals surface area contributed by atoms with E-state index in [0.717, 1.165) is 27.3 Å². The second-order valence-electron chi connectivity index (χ2n) is 11.0. The fourth-order valence-electron chi connectivity index (χ4n) is 5.73. The number of piperidine rings is 1. The van der Waals surface area contributed by atoms with Crippen LogP contribution in [0.1, 0.15) is 48.4 Å². The van der Waals surface area contributed by atoms with Gasteiger partial charge in [-0.1, -0.05) is 25.5 Å². The van der Waals surface area contributed by atoms with Gasteiger partial charge in [0.05, 0.1) is 16.6 Å². The summed E-state index contributed by atoms with van der Waals surface area (Å²) in [5.74, 6) is -1.45. The molecule has 2 aliphatic rings. The highest BCUT2D eigenvalue weighted by atomic mass is 19.1. The molecule has 10 nitrogen and oxygen atoms in total. The third-order valence-corrected chi connectivity index (χ3v) is 7.94. The van der Waals surface area contributed by atoms with Gasteiger partial charge < -0.3 is 15.2 Å². The molecule has 3 aromatic rings. The number of H-pyrrole nitrogens is 1. The van der Waals surface area contributed by atoms with E-state index >= 15 is 0 Å². The van der Waals surface area contributed by atoms with E-state index in [-0.39, 0.29) is 49.2 Å². The third kappa shape index (κ3) is 4.48. The summed E-state index contributed by atoms with van der Waals surface area (Å²) in [6.45, 7) is 7.65. The Morgan fingerprint density at radius 1 is 1.07 bits per heavy atom. The van der Waals surface area contributed by atoms with Crippen molar-refractivity contribution in [3.63, 3.8) is 0 Å². The molecule has 2 fully saturated rings. The van der Waals surface area contributed by atoms with Gasteiger partial charge in [0, 0.05) is 25.8 Å². The van der Waals surface area contributed by atoms with Gasteiger partial charge in [0.25, 0.3) is 11.8 Å². The minimum atomic E-state index is -1.13. The van der Waals surface area contributed by atoms with Crippen molar-refractivity contribution >= 4 is 40.5 Å². The van der Waals surface area contributed by atoms with Crippen molar-refractivity contribution in [2.24, 2.45) is 5.92 Å². The molecule has 1 atom stereocenters.